The van der Waals surface area contributed by atoms with Crippen LogP contribution in [0.2, 0.25) is 5.02 Å². The number of aromatic amines is 1. The number of carbonyl (C=O) groups excluding carboxylic acids is 1. The third-order valence-electron chi connectivity index (χ3n) is 5.44. The van der Waals surface area contributed by atoms with Gasteiger partial charge in [-0.2, -0.15) is 0 Å². The van der Waals surface area contributed by atoms with Gasteiger partial charge >= 0.3 is 0 Å². The standard InChI is InChI=1S/C18H17ClN6O/c1-25-13-8-10(23-16-11-3-6-20-15(11)21-9-22-16)7-12(19)14(13)17(26)24-18(25)4-2-5-18/h3,6-9H,2,4-5H2,1H3,(H,24,26)(H2,20,21,22,23). The second kappa shape index (κ2) is 5.35. The van der Waals surface area contributed by atoms with Crippen LogP contribution in [0.15, 0.2) is 30.7 Å². The number of H-pyrrole nitrogens is 1. The van der Waals surface area contributed by atoms with Crippen LogP contribution in [0, 0.1) is 0 Å². The molecule has 1 aliphatic carbocycles. The SMILES string of the molecule is CN1c2cc(Nc3ncnc4[nH]ccc34)cc(Cl)c2C(=O)NC12CCC2. The van der Waals surface area contributed by atoms with Crippen molar-refractivity contribution in [3.8, 4) is 0 Å². The maximum atomic E-state index is 12.6. The molecule has 3 N–H and O–H groups in total. The number of rotatable bonds is 2. The van der Waals surface area contributed by atoms with E-state index in [1.165, 1.54) is 6.33 Å². The zero-order valence-corrected chi connectivity index (χ0v) is 14.9. The van der Waals surface area contributed by atoms with Crippen LogP contribution in [-0.4, -0.2) is 33.6 Å². The number of amides is 1. The second-order valence-electron chi connectivity index (χ2n) is 6.84. The third-order valence-corrected chi connectivity index (χ3v) is 5.74. The molecule has 2 aromatic heterocycles. The van der Waals surface area contributed by atoms with Gasteiger partial charge in [0, 0.05) is 18.9 Å². The zero-order valence-electron chi connectivity index (χ0n) is 14.1. The van der Waals surface area contributed by atoms with Gasteiger partial charge in [0.2, 0.25) is 0 Å². The summed E-state index contributed by atoms with van der Waals surface area (Å²) in [4.78, 5) is 26.3. The highest BCUT2D eigenvalue weighted by Gasteiger charge is 2.47. The first-order chi connectivity index (χ1) is 12.6. The van der Waals surface area contributed by atoms with Gasteiger partial charge in [0.25, 0.3) is 5.91 Å². The predicted molar refractivity (Wildman–Crippen MR) is 101 cm³/mol. The summed E-state index contributed by atoms with van der Waals surface area (Å²) in [6.45, 7) is 0. The van der Waals surface area contributed by atoms with Crippen LogP contribution in [-0.2, 0) is 0 Å². The minimum Gasteiger partial charge on any atom is -0.351 e. The molecule has 5 rings (SSSR count). The number of hydrogen-bond acceptors (Lipinski definition) is 5. The molecule has 0 unspecified atom stereocenters. The van der Waals surface area contributed by atoms with Crippen molar-refractivity contribution in [2.24, 2.45) is 0 Å². The fourth-order valence-electron chi connectivity index (χ4n) is 3.82. The summed E-state index contributed by atoms with van der Waals surface area (Å²) < 4.78 is 0. The number of nitrogens with one attached hydrogen (secondary N) is 3. The van der Waals surface area contributed by atoms with Crippen LogP contribution < -0.4 is 15.5 Å². The summed E-state index contributed by atoms with van der Waals surface area (Å²) >= 11 is 6.46. The molecule has 1 aromatic carbocycles. The maximum absolute atomic E-state index is 12.6. The highest BCUT2D eigenvalue weighted by Crippen LogP contribution is 2.44. The largest absolute Gasteiger partial charge is 0.351 e. The van der Waals surface area contributed by atoms with E-state index in [4.69, 9.17) is 11.6 Å². The molecule has 3 heterocycles. The lowest BCUT2D eigenvalue weighted by molar-refractivity contribution is 0.0803. The van der Waals surface area contributed by atoms with E-state index >= 15 is 0 Å². The number of carbonyl (C=O) groups is 1. The van der Waals surface area contributed by atoms with E-state index in [9.17, 15) is 4.79 Å². The Kier molecular flexibility index (Phi) is 3.18. The highest BCUT2D eigenvalue weighted by atomic mass is 35.5. The van der Waals surface area contributed by atoms with E-state index < -0.39 is 0 Å². The van der Waals surface area contributed by atoms with Crippen molar-refractivity contribution < 1.29 is 4.79 Å². The molecule has 0 radical (unpaired) electrons. The van der Waals surface area contributed by atoms with Crippen molar-refractivity contribution in [2.75, 3.05) is 17.3 Å². The number of benzene rings is 1. The van der Waals surface area contributed by atoms with Gasteiger partial charge in [-0.15, -0.1) is 0 Å². The molecule has 1 amide bonds. The quantitative estimate of drug-likeness (QED) is 0.645. The Balaban J connectivity index is 1.59. The molecule has 0 saturated heterocycles. The summed E-state index contributed by atoms with van der Waals surface area (Å²) in [6, 6.07) is 5.63. The number of anilines is 3. The Morgan fingerprint density at radius 3 is 2.92 bits per heavy atom. The van der Waals surface area contributed by atoms with E-state index in [0.29, 0.717) is 16.4 Å². The van der Waals surface area contributed by atoms with Crippen LogP contribution in [0.1, 0.15) is 29.6 Å². The number of halogens is 1. The van der Waals surface area contributed by atoms with Crippen LogP contribution >= 0.6 is 11.6 Å². The fraction of sp³-hybridized carbons (Fsp3) is 0.278. The van der Waals surface area contributed by atoms with E-state index in [0.717, 1.165) is 41.7 Å². The summed E-state index contributed by atoms with van der Waals surface area (Å²) in [7, 11) is 2.01. The van der Waals surface area contributed by atoms with E-state index in [2.05, 4.69) is 30.5 Å². The molecule has 8 heteroatoms. The molecular formula is C18H17ClN6O. The molecule has 132 valence electrons. The topological polar surface area (TPSA) is 85.9 Å². The van der Waals surface area contributed by atoms with Gasteiger partial charge in [-0.1, -0.05) is 11.6 Å². The number of aromatic nitrogens is 3. The van der Waals surface area contributed by atoms with Gasteiger partial charge in [0.1, 0.15) is 23.5 Å². The summed E-state index contributed by atoms with van der Waals surface area (Å²) in [5.74, 6) is 0.581. The van der Waals surface area contributed by atoms with Crippen LogP contribution in [0.3, 0.4) is 0 Å². The fourth-order valence-corrected chi connectivity index (χ4v) is 4.12. The van der Waals surface area contributed by atoms with Gasteiger partial charge in [-0.05, 0) is 37.5 Å². The molecule has 1 fully saturated rings. The third kappa shape index (κ3) is 2.10. The minimum atomic E-state index is -0.283. The molecule has 1 spiro atoms. The minimum absolute atomic E-state index is 0.107. The van der Waals surface area contributed by atoms with Gasteiger partial charge < -0.3 is 20.5 Å². The number of nitrogens with zero attached hydrogens (tertiary/aromatic N) is 3. The number of fused-ring (bicyclic) bond motifs is 2. The van der Waals surface area contributed by atoms with Crippen molar-refractivity contribution in [1.82, 2.24) is 20.3 Å². The van der Waals surface area contributed by atoms with Gasteiger partial charge in [-0.25, -0.2) is 9.97 Å². The first-order valence-electron chi connectivity index (χ1n) is 8.52. The van der Waals surface area contributed by atoms with Crippen LogP contribution in [0.4, 0.5) is 17.2 Å². The first kappa shape index (κ1) is 15.5. The van der Waals surface area contributed by atoms with Crippen LogP contribution in [0.5, 0.6) is 0 Å². The summed E-state index contributed by atoms with van der Waals surface area (Å²) in [6.07, 6.45) is 6.32. The van der Waals surface area contributed by atoms with E-state index in [-0.39, 0.29) is 11.6 Å². The lowest BCUT2D eigenvalue weighted by Crippen LogP contribution is -2.66. The average Bonchev–Trinajstić information content (AvgIpc) is 3.06. The summed E-state index contributed by atoms with van der Waals surface area (Å²) in [5.41, 5.74) is 2.62. The van der Waals surface area contributed by atoms with Crippen molar-refractivity contribution in [2.45, 2.75) is 24.9 Å². The molecule has 7 nitrogen and oxygen atoms in total. The molecule has 1 saturated carbocycles. The van der Waals surface area contributed by atoms with Crippen molar-refractivity contribution in [1.29, 1.82) is 0 Å². The van der Waals surface area contributed by atoms with Crippen molar-refractivity contribution in [3.63, 3.8) is 0 Å². The zero-order chi connectivity index (χ0) is 17.9. The normalized spacial score (nSPS) is 17.8. The molecule has 1 aliphatic heterocycles. The lowest BCUT2D eigenvalue weighted by Gasteiger charge is -2.53. The Hall–Kier alpha value is -2.80. The Morgan fingerprint density at radius 2 is 2.15 bits per heavy atom. The van der Waals surface area contributed by atoms with E-state index in [1.807, 2.05) is 25.4 Å². The smallest absolute Gasteiger partial charge is 0.256 e. The summed E-state index contributed by atoms with van der Waals surface area (Å²) in [5, 5.41) is 7.74. The van der Waals surface area contributed by atoms with Crippen LogP contribution in [0.25, 0.3) is 11.0 Å². The van der Waals surface area contributed by atoms with Gasteiger partial charge in [-0.3, -0.25) is 4.79 Å². The average molecular weight is 369 g/mol. The molecule has 26 heavy (non-hydrogen) atoms. The van der Waals surface area contributed by atoms with Crippen molar-refractivity contribution >= 4 is 45.7 Å². The molecular weight excluding hydrogens is 352 g/mol. The number of hydrogen-bond donors (Lipinski definition) is 3. The molecule has 3 aromatic rings. The Labute approximate surface area is 154 Å². The Morgan fingerprint density at radius 1 is 1.31 bits per heavy atom. The first-order valence-corrected chi connectivity index (χ1v) is 8.90. The monoisotopic (exact) mass is 368 g/mol. The van der Waals surface area contributed by atoms with Gasteiger partial charge in [0.15, 0.2) is 0 Å². The maximum Gasteiger partial charge on any atom is 0.256 e. The lowest BCUT2D eigenvalue weighted by atomic mass is 9.81. The van der Waals surface area contributed by atoms with Crippen molar-refractivity contribution in [3.05, 3.63) is 41.3 Å². The molecule has 0 bridgehead atoms. The predicted octanol–water partition coefficient (Wildman–Crippen LogP) is 3.41. The molecule has 2 aliphatic rings. The second-order valence-corrected chi connectivity index (χ2v) is 7.24. The molecule has 0 atom stereocenters. The highest BCUT2D eigenvalue weighted by molar-refractivity contribution is 6.35. The Bertz CT molecular complexity index is 1040. The van der Waals surface area contributed by atoms with Gasteiger partial charge in [0.05, 0.1) is 21.7 Å². The van der Waals surface area contributed by atoms with E-state index in [1.54, 1.807) is 6.07 Å².